The number of methoxy groups -OCH3 is 1. The average Bonchev–Trinajstić information content (AvgIpc) is 2.70. The molecule has 17 heavy (non-hydrogen) atoms. The van der Waals surface area contributed by atoms with Crippen LogP contribution in [0.1, 0.15) is 10.5 Å². The van der Waals surface area contributed by atoms with Crippen molar-refractivity contribution in [3.63, 3.8) is 0 Å². The Morgan fingerprint density at radius 3 is 2.88 bits per heavy atom. The Bertz CT molecular complexity index is 566. The molecule has 0 aliphatic heterocycles. The summed E-state index contributed by atoms with van der Waals surface area (Å²) in [5, 5.41) is 3.94. The average molecular weight is 235 g/mol. The molecule has 0 saturated heterocycles. The van der Waals surface area contributed by atoms with Gasteiger partial charge in [0, 0.05) is 6.07 Å². The number of carbonyl (C=O) groups is 1. The molecule has 0 spiro atoms. The number of ether oxygens (including phenoxy) is 1. The van der Waals surface area contributed by atoms with Gasteiger partial charge in [-0.2, -0.15) is 5.10 Å². The van der Waals surface area contributed by atoms with Gasteiger partial charge in [0.05, 0.1) is 12.8 Å². The van der Waals surface area contributed by atoms with Crippen molar-refractivity contribution in [2.45, 2.75) is 0 Å². The van der Waals surface area contributed by atoms with Gasteiger partial charge in [0.15, 0.2) is 5.69 Å². The van der Waals surface area contributed by atoms with Crippen molar-refractivity contribution in [3.8, 4) is 5.69 Å². The van der Waals surface area contributed by atoms with Crippen molar-refractivity contribution in [2.75, 3.05) is 12.8 Å². The van der Waals surface area contributed by atoms with E-state index in [-0.39, 0.29) is 11.5 Å². The maximum absolute atomic E-state index is 13.0. The van der Waals surface area contributed by atoms with Gasteiger partial charge in [-0.3, -0.25) is 0 Å². The van der Waals surface area contributed by atoms with Gasteiger partial charge < -0.3 is 10.5 Å². The van der Waals surface area contributed by atoms with Gasteiger partial charge in [-0.15, -0.1) is 0 Å². The lowest BCUT2D eigenvalue weighted by atomic mass is 10.3. The number of nitrogen functional groups attached to an aromatic ring is 1. The van der Waals surface area contributed by atoms with Gasteiger partial charge in [0.2, 0.25) is 0 Å². The molecule has 0 radical (unpaired) electrons. The fourth-order valence-corrected chi connectivity index (χ4v) is 1.41. The standard InChI is InChI=1S/C11H10FN3O2/c1-17-11(16)9-6-10(13)15(14-9)8-4-2-3-7(12)5-8/h2-6H,13H2,1H3. The Labute approximate surface area is 96.6 Å². The second-order valence-electron chi connectivity index (χ2n) is 3.34. The van der Waals surface area contributed by atoms with E-state index in [0.717, 1.165) is 0 Å². The number of anilines is 1. The summed E-state index contributed by atoms with van der Waals surface area (Å²) in [5.74, 6) is -0.764. The number of aromatic nitrogens is 2. The third-order valence-corrected chi connectivity index (χ3v) is 2.18. The molecule has 0 unspecified atom stereocenters. The zero-order valence-electron chi connectivity index (χ0n) is 9.05. The zero-order valence-corrected chi connectivity index (χ0v) is 9.05. The maximum atomic E-state index is 13.0. The molecule has 0 aliphatic rings. The molecule has 2 N–H and O–H groups in total. The molecule has 1 aromatic heterocycles. The van der Waals surface area contributed by atoms with E-state index in [1.165, 1.54) is 36.1 Å². The molecule has 0 saturated carbocycles. The Kier molecular flexibility index (Phi) is 2.78. The first-order chi connectivity index (χ1) is 8.11. The van der Waals surface area contributed by atoms with Crippen LogP contribution >= 0.6 is 0 Å². The van der Waals surface area contributed by atoms with Crippen molar-refractivity contribution in [1.29, 1.82) is 0 Å². The molecule has 1 aromatic carbocycles. The maximum Gasteiger partial charge on any atom is 0.358 e. The van der Waals surface area contributed by atoms with Crippen LogP contribution in [0.5, 0.6) is 0 Å². The van der Waals surface area contributed by atoms with Crippen LogP contribution in [0, 0.1) is 5.82 Å². The van der Waals surface area contributed by atoms with Gasteiger partial charge >= 0.3 is 5.97 Å². The molecule has 6 heteroatoms. The van der Waals surface area contributed by atoms with Crippen LogP contribution < -0.4 is 5.73 Å². The number of hydrogen-bond donors (Lipinski definition) is 1. The molecule has 0 aliphatic carbocycles. The number of hydrogen-bond acceptors (Lipinski definition) is 4. The SMILES string of the molecule is COC(=O)c1cc(N)n(-c2cccc(F)c2)n1. The topological polar surface area (TPSA) is 70.1 Å². The quantitative estimate of drug-likeness (QED) is 0.798. The summed E-state index contributed by atoms with van der Waals surface area (Å²) >= 11 is 0. The lowest BCUT2D eigenvalue weighted by Gasteiger charge is -2.03. The number of nitrogens with zero attached hydrogens (tertiary/aromatic N) is 2. The first-order valence-corrected chi connectivity index (χ1v) is 4.81. The lowest BCUT2D eigenvalue weighted by molar-refractivity contribution is 0.0593. The number of nitrogens with two attached hydrogens (primary N) is 1. The largest absolute Gasteiger partial charge is 0.464 e. The molecule has 88 valence electrons. The fraction of sp³-hybridized carbons (Fsp3) is 0.0909. The monoisotopic (exact) mass is 235 g/mol. The van der Waals surface area contributed by atoms with Crippen LogP contribution in [0.25, 0.3) is 5.69 Å². The highest BCUT2D eigenvalue weighted by Gasteiger charge is 2.14. The second-order valence-corrected chi connectivity index (χ2v) is 3.34. The normalized spacial score (nSPS) is 10.2. The van der Waals surface area contributed by atoms with Crippen LogP contribution in [0.3, 0.4) is 0 Å². The molecule has 5 nitrogen and oxygen atoms in total. The Hall–Kier alpha value is -2.37. The van der Waals surface area contributed by atoms with Crippen LogP contribution in [0.4, 0.5) is 10.2 Å². The smallest absolute Gasteiger partial charge is 0.358 e. The Morgan fingerprint density at radius 2 is 2.24 bits per heavy atom. The third kappa shape index (κ3) is 2.10. The van der Waals surface area contributed by atoms with Crippen molar-refractivity contribution in [3.05, 3.63) is 41.8 Å². The predicted octanol–water partition coefficient (Wildman–Crippen LogP) is 1.38. The summed E-state index contributed by atoms with van der Waals surface area (Å²) < 4.78 is 18.8. The van der Waals surface area contributed by atoms with E-state index in [4.69, 9.17) is 5.73 Å². The van der Waals surface area contributed by atoms with Crippen molar-refractivity contribution in [1.82, 2.24) is 9.78 Å². The summed E-state index contributed by atoms with van der Waals surface area (Å²) in [5.41, 5.74) is 6.21. The molecule has 0 atom stereocenters. The van der Waals surface area contributed by atoms with E-state index in [1.54, 1.807) is 6.07 Å². The highest BCUT2D eigenvalue weighted by atomic mass is 19.1. The van der Waals surface area contributed by atoms with Crippen molar-refractivity contribution >= 4 is 11.8 Å². The van der Waals surface area contributed by atoms with E-state index in [0.29, 0.717) is 5.69 Å². The van der Waals surface area contributed by atoms with E-state index < -0.39 is 11.8 Å². The van der Waals surface area contributed by atoms with Gasteiger partial charge in [0.1, 0.15) is 11.6 Å². The minimum Gasteiger partial charge on any atom is -0.464 e. The van der Waals surface area contributed by atoms with E-state index in [9.17, 15) is 9.18 Å². The van der Waals surface area contributed by atoms with Gasteiger partial charge in [0.25, 0.3) is 0 Å². The minimum atomic E-state index is -0.591. The molecular formula is C11H10FN3O2. The van der Waals surface area contributed by atoms with Crippen LogP contribution in [0.15, 0.2) is 30.3 Å². The molecule has 0 bridgehead atoms. The molecule has 0 amide bonds. The summed E-state index contributed by atoms with van der Waals surface area (Å²) in [6, 6.07) is 7.11. The zero-order chi connectivity index (χ0) is 12.4. The van der Waals surface area contributed by atoms with Crippen LogP contribution in [-0.4, -0.2) is 22.9 Å². The Morgan fingerprint density at radius 1 is 1.47 bits per heavy atom. The molecule has 2 aromatic rings. The Balaban J connectivity index is 2.46. The minimum absolute atomic E-state index is 0.0780. The van der Waals surface area contributed by atoms with E-state index in [2.05, 4.69) is 9.84 Å². The van der Waals surface area contributed by atoms with Crippen molar-refractivity contribution < 1.29 is 13.9 Å². The number of benzene rings is 1. The van der Waals surface area contributed by atoms with E-state index in [1.807, 2.05) is 0 Å². The number of rotatable bonds is 2. The molecule has 0 fully saturated rings. The number of halogens is 1. The summed E-state index contributed by atoms with van der Waals surface area (Å²) in [4.78, 5) is 11.2. The number of esters is 1. The fourth-order valence-electron chi connectivity index (χ4n) is 1.41. The second kappa shape index (κ2) is 4.25. The molecular weight excluding hydrogens is 225 g/mol. The first-order valence-electron chi connectivity index (χ1n) is 4.81. The predicted molar refractivity (Wildman–Crippen MR) is 59.3 cm³/mol. The van der Waals surface area contributed by atoms with Crippen LogP contribution in [-0.2, 0) is 4.74 Å². The number of carbonyl (C=O) groups excluding carboxylic acids is 1. The van der Waals surface area contributed by atoms with Gasteiger partial charge in [-0.25, -0.2) is 13.9 Å². The highest BCUT2D eigenvalue weighted by molar-refractivity contribution is 5.88. The molecule has 2 rings (SSSR count). The first kappa shape index (κ1) is 11.1. The highest BCUT2D eigenvalue weighted by Crippen LogP contribution is 2.15. The van der Waals surface area contributed by atoms with Crippen molar-refractivity contribution in [2.24, 2.45) is 0 Å². The third-order valence-electron chi connectivity index (χ3n) is 2.18. The lowest BCUT2D eigenvalue weighted by Crippen LogP contribution is -2.05. The van der Waals surface area contributed by atoms with Gasteiger partial charge in [-0.1, -0.05) is 6.07 Å². The van der Waals surface area contributed by atoms with E-state index >= 15 is 0 Å². The summed E-state index contributed by atoms with van der Waals surface area (Å²) in [6.07, 6.45) is 0. The molecule has 1 heterocycles. The summed E-state index contributed by atoms with van der Waals surface area (Å²) in [6.45, 7) is 0. The van der Waals surface area contributed by atoms with Crippen LogP contribution in [0.2, 0.25) is 0 Å². The van der Waals surface area contributed by atoms with Gasteiger partial charge in [-0.05, 0) is 18.2 Å². The summed E-state index contributed by atoms with van der Waals surface area (Å²) in [7, 11) is 1.25.